The van der Waals surface area contributed by atoms with Crippen molar-refractivity contribution in [3.05, 3.63) is 58.6 Å². The summed E-state index contributed by atoms with van der Waals surface area (Å²) in [4.78, 5) is 47.0. The Bertz CT molecular complexity index is 1150. The van der Waals surface area contributed by atoms with Crippen LogP contribution in [0.1, 0.15) is 25.3 Å². The molecule has 0 aromatic heterocycles. The average Bonchev–Trinajstić information content (AvgIpc) is 3.45. The first-order valence-corrected chi connectivity index (χ1v) is 11.6. The van der Waals surface area contributed by atoms with Gasteiger partial charge in [0.05, 0.1) is 17.5 Å². The number of hydrogen-bond donors (Lipinski definition) is 0. The maximum absolute atomic E-state index is 14.0. The summed E-state index contributed by atoms with van der Waals surface area (Å²) >= 11 is 3.45. The quantitative estimate of drug-likeness (QED) is 0.620. The maximum atomic E-state index is 14.0. The molecule has 4 aliphatic rings. The van der Waals surface area contributed by atoms with Crippen LogP contribution in [0.15, 0.2) is 53.0 Å². The highest BCUT2D eigenvalue weighted by Gasteiger charge is 2.75. The number of hydrogen-bond acceptors (Lipinski definition) is 4. The molecule has 2 aromatic rings. The van der Waals surface area contributed by atoms with E-state index in [1.807, 2.05) is 43.3 Å². The molecule has 4 heterocycles. The molecule has 0 N–H and O–H groups in total. The first kappa shape index (κ1) is 19.2. The van der Waals surface area contributed by atoms with Gasteiger partial charge in [-0.15, -0.1) is 0 Å². The first-order valence-electron chi connectivity index (χ1n) is 10.8. The molecule has 0 radical (unpaired) electrons. The van der Waals surface area contributed by atoms with Gasteiger partial charge in [0.15, 0.2) is 0 Å². The number of carbonyl (C=O) groups excluding carboxylic acids is 3. The normalized spacial score (nSPS) is 31.7. The van der Waals surface area contributed by atoms with Crippen LogP contribution in [-0.2, 0) is 19.9 Å². The van der Waals surface area contributed by atoms with Crippen LogP contribution >= 0.6 is 15.9 Å². The number of anilines is 2. The van der Waals surface area contributed by atoms with Crippen molar-refractivity contribution in [2.75, 3.05) is 22.9 Å². The smallest absolute Gasteiger partial charge is 0.253 e. The fraction of sp³-hybridized carbons (Fsp3) is 0.375. The van der Waals surface area contributed by atoms with E-state index >= 15 is 0 Å². The Labute approximate surface area is 188 Å². The Balaban J connectivity index is 1.58. The molecule has 0 saturated carbocycles. The van der Waals surface area contributed by atoms with Crippen LogP contribution in [0.25, 0.3) is 0 Å². The van der Waals surface area contributed by atoms with Crippen molar-refractivity contribution >= 4 is 45.0 Å². The zero-order valence-electron chi connectivity index (χ0n) is 17.1. The van der Waals surface area contributed by atoms with E-state index in [4.69, 9.17) is 0 Å². The monoisotopic (exact) mass is 479 g/mol. The third-order valence-corrected chi connectivity index (χ3v) is 8.02. The van der Waals surface area contributed by atoms with Crippen molar-refractivity contribution in [3.8, 4) is 0 Å². The second-order valence-electron chi connectivity index (χ2n) is 8.73. The van der Waals surface area contributed by atoms with Crippen molar-refractivity contribution in [1.82, 2.24) is 4.90 Å². The van der Waals surface area contributed by atoms with Gasteiger partial charge in [0, 0.05) is 28.3 Å². The summed E-state index contributed by atoms with van der Waals surface area (Å²) < 4.78 is 0.805. The predicted octanol–water partition coefficient (Wildman–Crippen LogP) is 3.29. The molecule has 3 saturated heterocycles. The number of benzene rings is 2. The Morgan fingerprint density at radius 1 is 1.06 bits per heavy atom. The number of halogens is 1. The van der Waals surface area contributed by atoms with Gasteiger partial charge >= 0.3 is 0 Å². The van der Waals surface area contributed by atoms with E-state index < -0.39 is 17.4 Å². The second kappa shape index (κ2) is 6.50. The van der Waals surface area contributed by atoms with Crippen molar-refractivity contribution in [2.45, 2.75) is 31.3 Å². The fourth-order valence-electron chi connectivity index (χ4n) is 6.52. The topological polar surface area (TPSA) is 60.9 Å². The van der Waals surface area contributed by atoms with Crippen LogP contribution in [-0.4, -0.2) is 41.8 Å². The minimum atomic E-state index is -1.09. The van der Waals surface area contributed by atoms with Crippen molar-refractivity contribution < 1.29 is 14.4 Å². The third kappa shape index (κ3) is 2.18. The molecule has 3 fully saturated rings. The zero-order valence-corrected chi connectivity index (χ0v) is 18.7. The number of carbonyl (C=O) groups is 3. The van der Waals surface area contributed by atoms with Crippen molar-refractivity contribution in [1.29, 1.82) is 0 Å². The van der Waals surface area contributed by atoms with E-state index in [1.54, 1.807) is 17.0 Å². The van der Waals surface area contributed by atoms with Gasteiger partial charge in [-0.2, -0.15) is 0 Å². The van der Waals surface area contributed by atoms with Crippen molar-refractivity contribution in [3.63, 3.8) is 0 Å². The van der Waals surface area contributed by atoms with Gasteiger partial charge in [0.2, 0.25) is 11.8 Å². The predicted molar refractivity (Wildman–Crippen MR) is 119 cm³/mol. The van der Waals surface area contributed by atoms with E-state index in [2.05, 4.69) is 20.8 Å². The Morgan fingerprint density at radius 2 is 1.87 bits per heavy atom. The lowest BCUT2D eigenvalue weighted by atomic mass is 9.75. The highest BCUT2D eigenvalue weighted by molar-refractivity contribution is 9.10. The van der Waals surface area contributed by atoms with E-state index in [0.717, 1.165) is 35.1 Å². The van der Waals surface area contributed by atoms with Gasteiger partial charge in [0.25, 0.3) is 5.91 Å². The maximum Gasteiger partial charge on any atom is 0.253 e. The minimum Gasteiger partial charge on any atom is -0.310 e. The van der Waals surface area contributed by atoms with Crippen LogP contribution < -0.4 is 9.80 Å². The summed E-state index contributed by atoms with van der Waals surface area (Å²) in [6.45, 7) is 3.22. The lowest BCUT2D eigenvalue weighted by Crippen LogP contribution is -2.56. The summed E-state index contributed by atoms with van der Waals surface area (Å²) in [6, 6.07) is 15.0. The number of amides is 3. The largest absolute Gasteiger partial charge is 0.310 e. The molecule has 0 aliphatic carbocycles. The number of nitrogens with zero attached hydrogens (tertiary/aromatic N) is 3. The van der Waals surface area contributed by atoms with Gasteiger partial charge in [-0.1, -0.05) is 40.2 Å². The molecule has 6 nitrogen and oxygen atoms in total. The molecule has 1 spiro atoms. The molecule has 0 bridgehead atoms. The average molecular weight is 480 g/mol. The number of para-hydroxylation sites is 1. The van der Waals surface area contributed by atoms with E-state index in [9.17, 15) is 14.4 Å². The highest BCUT2D eigenvalue weighted by atomic mass is 79.9. The lowest BCUT2D eigenvalue weighted by molar-refractivity contribution is -0.137. The van der Waals surface area contributed by atoms with Crippen LogP contribution in [0.2, 0.25) is 0 Å². The van der Waals surface area contributed by atoms with Gasteiger partial charge in [-0.25, -0.2) is 4.90 Å². The molecule has 7 heteroatoms. The van der Waals surface area contributed by atoms with E-state index in [0.29, 0.717) is 12.2 Å². The lowest BCUT2D eigenvalue weighted by Gasteiger charge is -2.37. The number of likely N-dealkylation sites (N-methyl/N-ethyl adjacent to an activating group) is 1. The summed E-state index contributed by atoms with van der Waals surface area (Å²) in [5.41, 5.74) is 1.21. The molecule has 158 valence electrons. The molecule has 2 aromatic carbocycles. The van der Waals surface area contributed by atoms with Crippen LogP contribution in [0.4, 0.5) is 11.4 Å². The minimum absolute atomic E-state index is 0.0622. The van der Waals surface area contributed by atoms with Crippen LogP contribution in [0, 0.1) is 11.8 Å². The molecule has 4 aliphatic heterocycles. The zero-order chi connectivity index (χ0) is 21.5. The third-order valence-electron chi connectivity index (χ3n) is 7.53. The van der Waals surface area contributed by atoms with E-state index in [-0.39, 0.29) is 23.8 Å². The Morgan fingerprint density at radius 3 is 2.65 bits per heavy atom. The Hall–Kier alpha value is -2.51. The molecule has 4 unspecified atom stereocenters. The fourth-order valence-corrected chi connectivity index (χ4v) is 6.91. The van der Waals surface area contributed by atoms with Crippen molar-refractivity contribution in [2.24, 2.45) is 11.8 Å². The standard InChI is InChI=1S/C24H22BrN3O3/c1-2-26-17-10-4-3-9-16(17)24(23(26)31)20-19(18-11-6-12-27(18)24)21(29)28(22(20)30)15-8-5-7-14(25)13-15/h3-5,7-10,13,18-20H,2,6,11-12H2,1H3. The summed E-state index contributed by atoms with van der Waals surface area (Å²) in [6.07, 6.45) is 1.76. The molecule has 4 atom stereocenters. The molecular weight excluding hydrogens is 458 g/mol. The SMILES string of the molecule is CCN1C(=O)C2(c3ccccc31)C1C(=O)N(c3cccc(Br)c3)C(=O)C1C1CCCN12. The molecule has 3 amide bonds. The van der Waals surface area contributed by atoms with E-state index in [1.165, 1.54) is 4.90 Å². The van der Waals surface area contributed by atoms with Gasteiger partial charge in [0.1, 0.15) is 5.54 Å². The number of fused-ring (bicyclic) bond motifs is 7. The molecule has 6 rings (SSSR count). The Kier molecular flexibility index (Phi) is 4.02. The van der Waals surface area contributed by atoms with Gasteiger partial charge in [-0.3, -0.25) is 19.3 Å². The summed E-state index contributed by atoms with van der Waals surface area (Å²) in [5.74, 6) is -1.70. The molecular formula is C24H22BrN3O3. The second-order valence-corrected chi connectivity index (χ2v) is 9.65. The van der Waals surface area contributed by atoms with Crippen LogP contribution in [0.3, 0.4) is 0 Å². The van der Waals surface area contributed by atoms with Gasteiger partial charge < -0.3 is 4.90 Å². The summed E-state index contributed by atoms with van der Waals surface area (Å²) in [7, 11) is 0. The highest BCUT2D eigenvalue weighted by Crippen LogP contribution is 2.61. The summed E-state index contributed by atoms with van der Waals surface area (Å²) in [5, 5.41) is 0. The number of rotatable bonds is 2. The first-order chi connectivity index (χ1) is 15.0. The van der Waals surface area contributed by atoms with Crippen LogP contribution in [0.5, 0.6) is 0 Å². The van der Waals surface area contributed by atoms with Gasteiger partial charge in [-0.05, 0) is 50.6 Å². The number of imide groups is 1. The molecule has 31 heavy (non-hydrogen) atoms.